The first kappa shape index (κ1) is 7.56. The van der Waals surface area contributed by atoms with Crippen molar-refractivity contribution in [2.45, 2.75) is 38.8 Å². The van der Waals surface area contributed by atoms with Gasteiger partial charge in [-0.2, -0.15) is 0 Å². The minimum Gasteiger partial charge on any atom is -0.326 e. The highest BCUT2D eigenvalue weighted by atomic mass is 15.2. The van der Waals surface area contributed by atoms with Gasteiger partial charge in [0.25, 0.3) is 0 Å². The molecule has 0 aromatic rings. The molecule has 1 atom stereocenters. The Balaban J connectivity index is 2.01. The molecule has 2 aliphatic rings. The predicted octanol–water partition coefficient (Wildman–Crippen LogP) is 0.818. The van der Waals surface area contributed by atoms with Crippen molar-refractivity contribution >= 4 is 0 Å². The SMILES string of the molecule is CC(C)N1C[C@@H](N)C2(CC2)C1. The van der Waals surface area contributed by atoms with Crippen molar-refractivity contribution in [3.63, 3.8) is 0 Å². The second kappa shape index (κ2) is 2.20. The van der Waals surface area contributed by atoms with Crippen LogP contribution in [0.25, 0.3) is 0 Å². The van der Waals surface area contributed by atoms with Gasteiger partial charge in [-0.25, -0.2) is 0 Å². The predicted molar refractivity (Wildman–Crippen MR) is 46.4 cm³/mol. The summed E-state index contributed by atoms with van der Waals surface area (Å²) in [5, 5.41) is 0. The summed E-state index contributed by atoms with van der Waals surface area (Å²) < 4.78 is 0. The van der Waals surface area contributed by atoms with Crippen molar-refractivity contribution in [1.29, 1.82) is 0 Å². The van der Waals surface area contributed by atoms with Crippen LogP contribution in [0.3, 0.4) is 0 Å². The van der Waals surface area contributed by atoms with Gasteiger partial charge in [-0.05, 0) is 32.1 Å². The van der Waals surface area contributed by atoms with Crippen molar-refractivity contribution < 1.29 is 0 Å². The van der Waals surface area contributed by atoms with E-state index in [-0.39, 0.29) is 0 Å². The van der Waals surface area contributed by atoms with Crippen LogP contribution in [0.5, 0.6) is 0 Å². The van der Waals surface area contributed by atoms with Gasteiger partial charge in [-0.15, -0.1) is 0 Å². The molecular weight excluding hydrogens is 136 g/mol. The van der Waals surface area contributed by atoms with Crippen molar-refractivity contribution in [3.05, 3.63) is 0 Å². The van der Waals surface area contributed by atoms with Gasteiger partial charge in [0, 0.05) is 25.2 Å². The van der Waals surface area contributed by atoms with E-state index in [1.807, 2.05) is 0 Å². The summed E-state index contributed by atoms with van der Waals surface area (Å²) >= 11 is 0. The molecule has 2 heteroatoms. The first-order valence-corrected chi connectivity index (χ1v) is 4.64. The lowest BCUT2D eigenvalue weighted by Crippen LogP contribution is -2.32. The monoisotopic (exact) mass is 154 g/mol. The van der Waals surface area contributed by atoms with E-state index in [1.165, 1.54) is 19.4 Å². The summed E-state index contributed by atoms with van der Waals surface area (Å²) in [6.45, 7) is 6.89. The Bertz CT molecular complexity index is 161. The van der Waals surface area contributed by atoms with Crippen LogP contribution in [0.1, 0.15) is 26.7 Å². The second-order valence-electron chi connectivity index (χ2n) is 4.49. The van der Waals surface area contributed by atoms with Gasteiger partial charge in [0.1, 0.15) is 0 Å². The van der Waals surface area contributed by atoms with Gasteiger partial charge in [-0.3, -0.25) is 4.90 Å². The molecule has 1 spiro atoms. The Morgan fingerprint density at radius 3 is 2.36 bits per heavy atom. The average Bonchev–Trinajstić information content (AvgIpc) is 2.59. The summed E-state index contributed by atoms with van der Waals surface area (Å²) in [5.41, 5.74) is 6.62. The molecule has 0 bridgehead atoms. The highest BCUT2D eigenvalue weighted by molar-refractivity contribution is 5.08. The molecule has 1 aliphatic heterocycles. The lowest BCUT2D eigenvalue weighted by molar-refractivity contribution is 0.261. The molecule has 0 aromatic carbocycles. The molecule has 0 radical (unpaired) electrons. The van der Waals surface area contributed by atoms with Crippen LogP contribution in [-0.4, -0.2) is 30.1 Å². The molecule has 0 amide bonds. The number of nitrogens with two attached hydrogens (primary N) is 1. The maximum atomic E-state index is 6.06. The third-order valence-electron chi connectivity index (χ3n) is 3.36. The Kier molecular flexibility index (Phi) is 1.52. The fraction of sp³-hybridized carbons (Fsp3) is 1.00. The molecule has 2 N–H and O–H groups in total. The van der Waals surface area contributed by atoms with E-state index in [9.17, 15) is 0 Å². The zero-order chi connectivity index (χ0) is 8.06. The summed E-state index contributed by atoms with van der Waals surface area (Å²) in [7, 11) is 0. The number of nitrogens with zero attached hydrogens (tertiary/aromatic N) is 1. The van der Waals surface area contributed by atoms with E-state index < -0.39 is 0 Å². The molecule has 1 aliphatic carbocycles. The maximum absolute atomic E-state index is 6.06. The zero-order valence-corrected chi connectivity index (χ0v) is 7.51. The first-order valence-electron chi connectivity index (χ1n) is 4.64. The highest BCUT2D eigenvalue weighted by Gasteiger charge is 2.53. The van der Waals surface area contributed by atoms with Crippen molar-refractivity contribution in [1.82, 2.24) is 4.90 Å². The summed E-state index contributed by atoms with van der Waals surface area (Å²) in [5.74, 6) is 0. The lowest BCUT2D eigenvalue weighted by Gasteiger charge is -2.19. The smallest absolute Gasteiger partial charge is 0.0237 e. The van der Waals surface area contributed by atoms with Crippen LogP contribution < -0.4 is 5.73 Å². The van der Waals surface area contributed by atoms with Gasteiger partial charge in [-0.1, -0.05) is 0 Å². The molecule has 2 nitrogen and oxygen atoms in total. The van der Waals surface area contributed by atoms with Gasteiger partial charge in [0.15, 0.2) is 0 Å². The third-order valence-corrected chi connectivity index (χ3v) is 3.36. The van der Waals surface area contributed by atoms with Crippen molar-refractivity contribution in [2.24, 2.45) is 11.1 Å². The van der Waals surface area contributed by atoms with Gasteiger partial charge in [0.2, 0.25) is 0 Å². The minimum atomic E-state index is 0.463. The number of rotatable bonds is 1. The summed E-state index contributed by atoms with van der Waals surface area (Å²) in [6.07, 6.45) is 2.74. The van der Waals surface area contributed by atoms with Crippen LogP contribution in [0.2, 0.25) is 0 Å². The van der Waals surface area contributed by atoms with Gasteiger partial charge < -0.3 is 5.73 Å². The molecule has 2 rings (SSSR count). The Morgan fingerprint density at radius 2 is 2.09 bits per heavy atom. The molecule has 0 unspecified atom stereocenters. The standard InChI is InChI=1S/C9H18N2/c1-7(2)11-5-8(10)9(6-11)3-4-9/h7-8H,3-6,10H2,1-2H3/t8-/m1/s1. The fourth-order valence-electron chi connectivity index (χ4n) is 2.12. The molecule has 1 saturated heterocycles. The second-order valence-corrected chi connectivity index (χ2v) is 4.49. The number of hydrogen-bond donors (Lipinski definition) is 1. The molecule has 1 heterocycles. The molecule has 2 fully saturated rings. The van der Waals surface area contributed by atoms with Crippen LogP contribution >= 0.6 is 0 Å². The average molecular weight is 154 g/mol. The Morgan fingerprint density at radius 1 is 1.45 bits per heavy atom. The fourth-order valence-corrected chi connectivity index (χ4v) is 2.12. The van der Waals surface area contributed by atoms with Crippen molar-refractivity contribution in [3.8, 4) is 0 Å². The Hall–Kier alpha value is -0.0800. The maximum Gasteiger partial charge on any atom is 0.0237 e. The van der Waals surface area contributed by atoms with Crippen LogP contribution in [0.15, 0.2) is 0 Å². The normalized spacial score (nSPS) is 35.5. The minimum absolute atomic E-state index is 0.463. The van der Waals surface area contributed by atoms with E-state index in [4.69, 9.17) is 5.73 Å². The van der Waals surface area contributed by atoms with Crippen molar-refractivity contribution in [2.75, 3.05) is 13.1 Å². The van der Waals surface area contributed by atoms with E-state index in [1.54, 1.807) is 0 Å². The first-order chi connectivity index (χ1) is 5.14. The highest BCUT2D eigenvalue weighted by Crippen LogP contribution is 2.52. The van der Waals surface area contributed by atoms with E-state index >= 15 is 0 Å². The quantitative estimate of drug-likeness (QED) is 0.606. The molecule has 64 valence electrons. The molecule has 1 saturated carbocycles. The summed E-state index contributed by atoms with van der Waals surface area (Å²) in [6, 6.07) is 1.14. The van der Waals surface area contributed by atoms with Gasteiger partial charge >= 0.3 is 0 Å². The van der Waals surface area contributed by atoms with Crippen LogP contribution in [0, 0.1) is 5.41 Å². The zero-order valence-electron chi connectivity index (χ0n) is 7.51. The van der Waals surface area contributed by atoms with E-state index in [2.05, 4.69) is 18.7 Å². The molecule has 11 heavy (non-hydrogen) atoms. The molecule has 0 aromatic heterocycles. The van der Waals surface area contributed by atoms with E-state index in [0.29, 0.717) is 17.5 Å². The largest absolute Gasteiger partial charge is 0.326 e. The number of likely N-dealkylation sites (tertiary alicyclic amines) is 1. The lowest BCUT2D eigenvalue weighted by atomic mass is 10.0. The molecular formula is C9H18N2. The van der Waals surface area contributed by atoms with Crippen LogP contribution in [-0.2, 0) is 0 Å². The number of hydrogen-bond acceptors (Lipinski definition) is 2. The third kappa shape index (κ3) is 1.09. The van der Waals surface area contributed by atoms with Gasteiger partial charge in [0.05, 0.1) is 0 Å². The van der Waals surface area contributed by atoms with Crippen LogP contribution in [0.4, 0.5) is 0 Å². The summed E-state index contributed by atoms with van der Waals surface area (Å²) in [4.78, 5) is 2.51. The Labute approximate surface area is 68.7 Å². The van der Waals surface area contributed by atoms with E-state index in [0.717, 1.165) is 6.54 Å². The topological polar surface area (TPSA) is 29.3 Å².